The zero-order chi connectivity index (χ0) is 23.4. The summed E-state index contributed by atoms with van der Waals surface area (Å²) < 4.78 is 24.7. The van der Waals surface area contributed by atoms with E-state index in [1.807, 2.05) is 13.0 Å². The van der Waals surface area contributed by atoms with Gasteiger partial charge in [-0.3, -0.25) is 9.59 Å². The Morgan fingerprint density at radius 1 is 1.06 bits per heavy atom. The van der Waals surface area contributed by atoms with E-state index in [1.54, 1.807) is 12.1 Å². The number of carbonyl (C=O) groups is 2. The van der Waals surface area contributed by atoms with Crippen LogP contribution >= 0.6 is 46.4 Å². The van der Waals surface area contributed by atoms with Crippen molar-refractivity contribution in [2.45, 2.75) is 42.0 Å². The number of amides is 2. The van der Waals surface area contributed by atoms with E-state index in [9.17, 15) is 18.4 Å². The molecule has 2 saturated carbocycles. The fourth-order valence-corrected chi connectivity index (χ4v) is 5.36. The lowest BCUT2D eigenvalue weighted by Gasteiger charge is -2.35. The summed E-state index contributed by atoms with van der Waals surface area (Å²) in [5, 5.41) is 5.89. The van der Waals surface area contributed by atoms with Crippen LogP contribution < -0.4 is 10.6 Å². The summed E-state index contributed by atoms with van der Waals surface area (Å²) in [5.74, 6) is -4.94. The molecule has 0 heterocycles. The first-order chi connectivity index (χ1) is 14.9. The lowest BCUT2D eigenvalue weighted by Crippen LogP contribution is -2.50. The number of nitrogens with one attached hydrogen (secondary N) is 2. The maximum atomic E-state index is 13.0. The smallest absolute Gasteiger partial charge is 0.253 e. The van der Waals surface area contributed by atoms with Gasteiger partial charge in [-0.2, -0.15) is 0 Å². The maximum absolute atomic E-state index is 13.0. The van der Waals surface area contributed by atoms with E-state index >= 15 is 0 Å². The minimum absolute atomic E-state index is 0.0699. The molecule has 2 aliphatic rings. The molecule has 2 fully saturated rings. The number of rotatable bonds is 5. The van der Waals surface area contributed by atoms with Crippen molar-refractivity contribution in [1.29, 1.82) is 0 Å². The predicted octanol–water partition coefficient (Wildman–Crippen LogP) is 6.36. The molecule has 0 radical (unpaired) electrons. The van der Waals surface area contributed by atoms with E-state index in [0.717, 1.165) is 11.1 Å². The Labute approximate surface area is 203 Å². The van der Waals surface area contributed by atoms with Crippen LogP contribution in [-0.4, -0.2) is 28.1 Å². The van der Waals surface area contributed by atoms with Crippen molar-refractivity contribution in [2.24, 2.45) is 5.92 Å². The fourth-order valence-electron chi connectivity index (χ4n) is 4.04. The Balaban J connectivity index is 1.46. The summed E-state index contributed by atoms with van der Waals surface area (Å²) in [6.07, 6.45) is -0.821. The second-order valence-electron chi connectivity index (χ2n) is 8.31. The SMILES string of the molecule is Cc1cc(Cl)cc([C@@H]2[C@@H](C(=O)Nc3ccc(Cl)c(C(=O)NC4CC(F)(F)C4)c3)C2(Cl)Cl)c1. The average Bonchev–Trinajstić information content (AvgIpc) is 3.23. The van der Waals surface area contributed by atoms with Crippen LogP contribution in [0.4, 0.5) is 14.5 Å². The highest BCUT2D eigenvalue weighted by Gasteiger charge is 2.67. The first kappa shape index (κ1) is 23.6. The number of halogens is 6. The Morgan fingerprint density at radius 2 is 1.75 bits per heavy atom. The van der Waals surface area contributed by atoms with Crippen molar-refractivity contribution in [3.05, 3.63) is 63.1 Å². The molecule has 2 aromatic carbocycles. The molecule has 0 spiro atoms. The zero-order valence-corrected chi connectivity index (χ0v) is 19.7. The Bertz CT molecular complexity index is 1080. The van der Waals surface area contributed by atoms with Crippen LogP contribution in [0.5, 0.6) is 0 Å². The number of hydrogen-bond acceptors (Lipinski definition) is 2. The number of carbonyl (C=O) groups excluding carboxylic acids is 2. The standard InChI is InChI=1S/C22H18Cl4F2N2O2/c1-10-4-11(6-12(23)5-10)17-18(22(17,25)26)20(32)29-13-2-3-16(24)15(7-13)19(31)30-14-8-21(27,28)9-14/h2-7,14,17-18H,8-9H2,1H3,(H,29,32)(H,30,31)/t17-,18+/m1/s1. The summed E-state index contributed by atoms with van der Waals surface area (Å²) in [6, 6.07) is 9.13. The molecule has 4 rings (SSSR count). The monoisotopic (exact) mass is 520 g/mol. The molecule has 0 aliphatic heterocycles. The van der Waals surface area contributed by atoms with Crippen LogP contribution in [0.1, 0.15) is 40.2 Å². The van der Waals surface area contributed by atoms with Crippen LogP contribution in [0.3, 0.4) is 0 Å². The van der Waals surface area contributed by atoms with E-state index in [2.05, 4.69) is 10.6 Å². The molecule has 32 heavy (non-hydrogen) atoms. The lowest BCUT2D eigenvalue weighted by atomic mass is 9.88. The molecule has 10 heteroatoms. The van der Waals surface area contributed by atoms with E-state index in [4.69, 9.17) is 46.4 Å². The van der Waals surface area contributed by atoms with Crippen LogP contribution in [0.15, 0.2) is 36.4 Å². The molecular weight excluding hydrogens is 504 g/mol. The van der Waals surface area contributed by atoms with Gasteiger partial charge in [-0.25, -0.2) is 8.78 Å². The second-order valence-corrected chi connectivity index (χ2v) is 10.6. The third-order valence-electron chi connectivity index (χ3n) is 5.66. The summed E-state index contributed by atoms with van der Waals surface area (Å²) >= 11 is 25.0. The third-order valence-corrected chi connectivity index (χ3v) is 7.15. The fraction of sp³-hybridized carbons (Fsp3) is 0.364. The van der Waals surface area contributed by atoms with Gasteiger partial charge in [0.1, 0.15) is 4.33 Å². The second kappa shape index (κ2) is 8.32. The molecule has 2 N–H and O–H groups in total. The first-order valence-electron chi connectivity index (χ1n) is 9.81. The number of aryl methyl sites for hydroxylation is 1. The topological polar surface area (TPSA) is 58.2 Å². The Kier molecular flexibility index (Phi) is 6.12. The van der Waals surface area contributed by atoms with E-state index < -0.39 is 52.8 Å². The Morgan fingerprint density at radius 3 is 2.38 bits per heavy atom. The van der Waals surface area contributed by atoms with E-state index in [1.165, 1.54) is 18.2 Å². The van der Waals surface area contributed by atoms with Gasteiger partial charge in [-0.05, 0) is 48.4 Å². The van der Waals surface area contributed by atoms with Crippen molar-refractivity contribution in [2.75, 3.05) is 5.32 Å². The van der Waals surface area contributed by atoms with Crippen LogP contribution in [0.2, 0.25) is 10.0 Å². The van der Waals surface area contributed by atoms with Gasteiger partial charge in [0.05, 0.1) is 16.5 Å². The van der Waals surface area contributed by atoms with Gasteiger partial charge in [0.15, 0.2) is 0 Å². The van der Waals surface area contributed by atoms with Gasteiger partial charge in [0.2, 0.25) is 5.91 Å². The van der Waals surface area contributed by atoms with Crippen molar-refractivity contribution < 1.29 is 18.4 Å². The highest BCUT2D eigenvalue weighted by molar-refractivity contribution is 6.53. The minimum Gasteiger partial charge on any atom is -0.349 e. The van der Waals surface area contributed by atoms with Gasteiger partial charge in [-0.15, -0.1) is 23.2 Å². The number of anilines is 1. The number of hydrogen-bond donors (Lipinski definition) is 2. The molecule has 2 atom stereocenters. The van der Waals surface area contributed by atoms with Crippen LogP contribution in [0.25, 0.3) is 0 Å². The van der Waals surface area contributed by atoms with E-state index in [0.29, 0.717) is 10.7 Å². The highest BCUT2D eigenvalue weighted by Crippen LogP contribution is 2.65. The van der Waals surface area contributed by atoms with Crippen molar-refractivity contribution >= 4 is 63.9 Å². The molecule has 4 nitrogen and oxygen atoms in total. The molecule has 0 bridgehead atoms. The number of benzene rings is 2. The van der Waals surface area contributed by atoms with Crippen molar-refractivity contribution in [3.63, 3.8) is 0 Å². The largest absolute Gasteiger partial charge is 0.349 e. The first-order valence-corrected chi connectivity index (χ1v) is 11.3. The molecular formula is C22H18Cl4F2N2O2. The van der Waals surface area contributed by atoms with Gasteiger partial charge >= 0.3 is 0 Å². The third kappa shape index (κ3) is 4.69. The van der Waals surface area contributed by atoms with Gasteiger partial charge in [-0.1, -0.05) is 29.3 Å². The van der Waals surface area contributed by atoms with Crippen molar-refractivity contribution in [3.8, 4) is 0 Å². The summed E-state index contributed by atoms with van der Waals surface area (Å²) in [6.45, 7) is 1.88. The average molecular weight is 522 g/mol. The van der Waals surface area contributed by atoms with Crippen molar-refractivity contribution in [1.82, 2.24) is 5.32 Å². The molecule has 2 amide bonds. The quantitative estimate of drug-likeness (QED) is 0.450. The molecule has 2 aliphatic carbocycles. The predicted molar refractivity (Wildman–Crippen MR) is 122 cm³/mol. The molecule has 170 valence electrons. The molecule has 0 saturated heterocycles. The summed E-state index contributed by atoms with van der Waals surface area (Å²) in [7, 11) is 0. The van der Waals surface area contributed by atoms with Crippen LogP contribution in [-0.2, 0) is 4.79 Å². The zero-order valence-electron chi connectivity index (χ0n) is 16.7. The summed E-state index contributed by atoms with van der Waals surface area (Å²) in [5.41, 5.74) is 2.05. The highest BCUT2D eigenvalue weighted by atomic mass is 35.5. The Hall–Kier alpha value is -1.60. The molecule has 2 aromatic rings. The van der Waals surface area contributed by atoms with Gasteiger partial charge < -0.3 is 10.6 Å². The minimum atomic E-state index is -2.75. The van der Waals surface area contributed by atoms with Crippen LogP contribution in [0, 0.1) is 12.8 Å². The maximum Gasteiger partial charge on any atom is 0.253 e. The molecule has 0 aromatic heterocycles. The van der Waals surface area contributed by atoms with Gasteiger partial charge in [0, 0.05) is 35.5 Å². The van der Waals surface area contributed by atoms with E-state index in [-0.39, 0.29) is 10.6 Å². The van der Waals surface area contributed by atoms with Gasteiger partial charge in [0.25, 0.3) is 11.8 Å². The lowest BCUT2D eigenvalue weighted by molar-refractivity contribution is -0.117. The normalized spacial score (nSPS) is 23.2. The number of alkyl halides is 4. The molecule has 0 unspecified atom stereocenters. The summed E-state index contributed by atoms with van der Waals surface area (Å²) in [4.78, 5) is 25.3.